The first-order valence-electron chi connectivity index (χ1n) is 8.12. The molecule has 4 rings (SSSR count). The van der Waals surface area contributed by atoms with Crippen LogP contribution in [0.3, 0.4) is 0 Å². The first kappa shape index (κ1) is 16.3. The Morgan fingerprint density at radius 1 is 1.32 bits per heavy atom. The van der Waals surface area contributed by atoms with Gasteiger partial charge in [-0.2, -0.15) is 8.42 Å². The molecule has 0 bridgehead atoms. The van der Waals surface area contributed by atoms with Gasteiger partial charge in [0, 0.05) is 24.0 Å². The molecule has 0 atom stereocenters. The van der Waals surface area contributed by atoms with Gasteiger partial charge >= 0.3 is 0 Å². The standard InChI is InChI=1S/C17H18FN3O3S/c1-3-20-15-5-4-11(18)8-13(15)12-6-7-21-10(2)19-14(9-25(22,23)24)17(21)16(12)20/h4-5,8H,3,6-7,9H2,1-2H3,(H,22,23,24). The van der Waals surface area contributed by atoms with E-state index in [2.05, 4.69) is 9.55 Å². The summed E-state index contributed by atoms with van der Waals surface area (Å²) in [6, 6.07) is 4.71. The van der Waals surface area contributed by atoms with Crippen molar-refractivity contribution < 1.29 is 17.4 Å². The number of aromatic nitrogens is 3. The minimum absolute atomic E-state index is 0.294. The third kappa shape index (κ3) is 2.47. The van der Waals surface area contributed by atoms with Crippen LogP contribution in [0.25, 0.3) is 22.3 Å². The monoisotopic (exact) mass is 363 g/mol. The number of benzene rings is 1. The number of imidazole rings is 1. The smallest absolute Gasteiger partial charge is 0.270 e. The zero-order valence-corrected chi connectivity index (χ0v) is 14.8. The second kappa shape index (κ2) is 5.40. The maximum Gasteiger partial charge on any atom is 0.270 e. The summed E-state index contributed by atoms with van der Waals surface area (Å²) in [5, 5.41) is 0.847. The average molecular weight is 363 g/mol. The van der Waals surface area contributed by atoms with Crippen molar-refractivity contribution in [2.45, 2.75) is 39.1 Å². The Morgan fingerprint density at radius 2 is 2.08 bits per heavy atom. The predicted octanol–water partition coefficient (Wildman–Crippen LogP) is 2.92. The van der Waals surface area contributed by atoms with Gasteiger partial charge in [-0.3, -0.25) is 4.55 Å². The molecule has 1 aromatic carbocycles. The molecule has 8 heteroatoms. The van der Waals surface area contributed by atoms with Crippen molar-refractivity contribution in [1.82, 2.24) is 14.1 Å². The number of nitrogens with zero attached hydrogens (tertiary/aromatic N) is 3. The summed E-state index contributed by atoms with van der Waals surface area (Å²) in [6.45, 7) is 5.12. The highest BCUT2D eigenvalue weighted by molar-refractivity contribution is 7.85. The molecule has 0 fully saturated rings. The fourth-order valence-electron chi connectivity index (χ4n) is 3.91. The van der Waals surface area contributed by atoms with Gasteiger partial charge in [0.15, 0.2) is 0 Å². The van der Waals surface area contributed by atoms with Crippen LogP contribution in [0, 0.1) is 12.7 Å². The summed E-state index contributed by atoms with van der Waals surface area (Å²) in [5.41, 5.74) is 3.82. The SMILES string of the molecule is CCn1c2c(c3cc(F)ccc31)CCn1c(C)nc(CS(=O)(=O)O)c1-2. The molecule has 132 valence electrons. The third-order valence-electron chi connectivity index (χ3n) is 4.81. The van der Waals surface area contributed by atoms with E-state index in [0.29, 0.717) is 30.3 Å². The number of aryl methyl sites for hydroxylation is 3. The minimum atomic E-state index is -4.20. The lowest BCUT2D eigenvalue weighted by Gasteiger charge is -2.20. The summed E-state index contributed by atoms with van der Waals surface area (Å²) < 4.78 is 50.0. The number of hydrogen-bond donors (Lipinski definition) is 1. The van der Waals surface area contributed by atoms with Crippen molar-refractivity contribution in [3.8, 4) is 11.4 Å². The molecule has 0 saturated heterocycles. The van der Waals surface area contributed by atoms with E-state index in [1.807, 2.05) is 18.4 Å². The van der Waals surface area contributed by atoms with Gasteiger partial charge in [0.25, 0.3) is 10.1 Å². The van der Waals surface area contributed by atoms with Crippen molar-refractivity contribution in [2.24, 2.45) is 0 Å². The molecule has 0 radical (unpaired) electrons. The Hall–Kier alpha value is -2.19. The van der Waals surface area contributed by atoms with E-state index in [-0.39, 0.29) is 5.82 Å². The van der Waals surface area contributed by atoms with Crippen LogP contribution < -0.4 is 0 Å². The van der Waals surface area contributed by atoms with Crippen LogP contribution in [-0.2, 0) is 35.4 Å². The molecule has 0 spiro atoms. The number of hydrogen-bond acceptors (Lipinski definition) is 3. The second-order valence-corrected chi connectivity index (χ2v) is 7.77. The lowest BCUT2D eigenvalue weighted by atomic mass is 10.0. The van der Waals surface area contributed by atoms with Crippen LogP contribution in [0.4, 0.5) is 4.39 Å². The Bertz CT molecular complexity index is 1110. The second-order valence-electron chi connectivity index (χ2n) is 6.32. The summed E-state index contributed by atoms with van der Waals surface area (Å²) in [7, 11) is -4.20. The van der Waals surface area contributed by atoms with Gasteiger partial charge < -0.3 is 9.13 Å². The first-order chi connectivity index (χ1) is 11.8. The molecule has 25 heavy (non-hydrogen) atoms. The number of rotatable bonds is 3. The van der Waals surface area contributed by atoms with Gasteiger partial charge in [0.2, 0.25) is 0 Å². The Balaban J connectivity index is 2.08. The molecule has 0 saturated carbocycles. The molecule has 0 unspecified atom stereocenters. The lowest BCUT2D eigenvalue weighted by molar-refractivity contribution is 0.481. The van der Waals surface area contributed by atoms with E-state index < -0.39 is 15.9 Å². The molecule has 3 heterocycles. The maximum absolute atomic E-state index is 13.8. The van der Waals surface area contributed by atoms with Gasteiger partial charge in [-0.1, -0.05) is 0 Å². The first-order valence-corrected chi connectivity index (χ1v) is 9.73. The summed E-state index contributed by atoms with van der Waals surface area (Å²) in [6.07, 6.45) is 0.720. The third-order valence-corrected chi connectivity index (χ3v) is 5.44. The molecule has 2 aromatic heterocycles. The lowest BCUT2D eigenvalue weighted by Crippen LogP contribution is -2.15. The van der Waals surface area contributed by atoms with Crippen LogP contribution in [0.15, 0.2) is 18.2 Å². The largest absolute Gasteiger partial charge is 0.339 e. The van der Waals surface area contributed by atoms with Crippen molar-refractivity contribution in [1.29, 1.82) is 0 Å². The van der Waals surface area contributed by atoms with E-state index in [4.69, 9.17) is 0 Å². The molecule has 1 aliphatic rings. The Morgan fingerprint density at radius 3 is 2.76 bits per heavy atom. The van der Waals surface area contributed by atoms with Crippen LogP contribution >= 0.6 is 0 Å². The molecule has 0 amide bonds. The minimum Gasteiger partial charge on any atom is -0.339 e. The fraction of sp³-hybridized carbons (Fsp3) is 0.353. The summed E-state index contributed by atoms with van der Waals surface area (Å²) >= 11 is 0. The molecule has 6 nitrogen and oxygen atoms in total. The number of fused-ring (bicyclic) bond motifs is 5. The van der Waals surface area contributed by atoms with Gasteiger partial charge in [0.05, 0.1) is 17.1 Å². The summed E-state index contributed by atoms with van der Waals surface area (Å²) in [5.74, 6) is -0.120. The average Bonchev–Trinajstić information content (AvgIpc) is 3.00. The molecule has 1 aliphatic heterocycles. The summed E-state index contributed by atoms with van der Waals surface area (Å²) in [4.78, 5) is 4.38. The van der Waals surface area contributed by atoms with E-state index >= 15 is 0 Å². The highest BCUT2D eigenvalue weighted by Crippen LogP contribution is 2.40. The Labute approximate surface area is 144 Å². The predicted molar refractivity (Wildman–Crippen MR) is 92.5 cm³/mol. The van der Waals surface area contributed by atoms with Gasteiger partial charge in [-0.25, -0.2) is 9.37 Å². The van der Waals surface area contributed by atoms with Crippen LogP contribution in [0.5, 0.6) is 0 Å². The van der Waals surface area contributed by atoms with E-state index in [9.17, 15) is 17.4 Å². The highest BCUT2D eigenvalue weighted by atomic mass is 32.2. The van der Waals surface area contributed by atoms with Crippen LogP contribution in [0.1, 0.15) is 24.0 Å². The normalized spacial score (nSPS) is 13.9. The van der Waals surface area contributed by atoms with Crippen molar-refractivity contribution in [3.05, 3.63) is 41.1 Å². The quantitative estimate of drug-likeness (QED) is 0.726. The topological polar surface area (TPSA) is 77.1 Å². The van der Waals surface area contributed by atoms with E-state index in [1.165, 1.54) is 12.1 Å². The van der Waals surface area contributed by atoms with Crippen LogP contribution in [-0.4, -0.2) is 27.1 Å². The molecule has 1 N–H and O–H groups in total. The molecule has 3 aromatic rings. The van der Waals surface area contributed by atoms with Crippen molar-refractivity contribution in [2.75, 3.05) is 0 Å². The molecular weight excluding hydrogens is 345 g/mol. The van der Waals surface area contributed by atoms with Gasteiger partial charge in [-0.05, 0) is 44.0 Å². The van der Waals surface area contributed by atoms with Crippen molar-refractivity contribution >= 4 is 21.0 Å². The maximum atomic E-state index is 13.8. The van der Waals surface area contributed by atoms with Crippen LogP contribution in [0.2, 0.25) is 0 Å². The van der Waals surface area contributed by atoms with Gasteiger partial charge in [0.1, 0.15) is 17.4 Å². The number of halogens is 1. The zero-order valence-electron chi connectivity index (χ0n) is 14.0. The molecule has 0 aliphatic carbocycles. The Kier molecular flexibility index (Phi) is 3.52. The van der Waals surface area contributed by atoms with E-state index in [0.717, 1.165) is 28.6 Å². The van der Waals surface area contributed by atoms with E-state index in [1.54, 1.807) is 6.07 Å². The van der Waals surface area contributed by atoms with Gasteiger partial charge in [-0.15, -0.1) is 0 Å². The van der Waals surface area contributed by atoms with Crippen molar-refractivity contribution in [3.63, 3.8) is 0 Å². The molecular formula is C17H18FN3O3S. The highest BCUT2D eigenvalue weighted by Gasteiger charge is 2.30. The zero-order chi connectivity index (χ0) is 17.9. The fourth-order valence-corrected chi connectivity index (χ4v) is 4.46.